The van der Waals surface area contributed by atoms with Crippen LogP contribution in [0.1, 0.15) is 10.7 Å². The van der Waals surface area contributed by atoms with Crippen molar-refractivity contribution in [3.63, 3.8) is 0 Å². The van der Waals surface area contributed by atoms with E-state index in [1.165, 1.54) is 22.1 Å². The molecule has 7 heteroatoms. The van der Waals surface area contributed by atoms with E-state index in [2.05, 4.69) is 20.6 Å². The average molecular weight is 237 g/mol. The van der Waals surface area contributed by atoms with Gasteiger partial charge in [0.05, 0.1) is 12.2 Å². The van der Waals surface area contributed by atoms with Gasteiger partial charge in [-0.3, -0.25) is 4.79 Å². The molecular formula is C9H11N5OS. The molecule has 0 aliphatic heterocycles. The van der Waals surface area contributed by atoms with Gasteiger partial charge in [-0.25, -0.2) is 4.68 Å². The van der Waals surface area contributed by atoms with Gasteiger partial charge in [-0.2, -0.15) is 5.10 Å². The maximum atomic E-state index is 11.5. The molecule has 0 saturated heterocycles. The van der Waals surface area contributed by atoms with Gasteiger partial charge in [0.2, 0.25) is 5.13 Å². The van der Waals surface area contributed by atoms with Gasteiger partial charge in [0.25, 0.3) is 5.56 Å². The van der Waals surface area contributed by atoms with Crippen LogP contribution in [-0.4, -0.2) is 27.0 Å². The average Bonchev–Trinajstić information content (AvgIpc) is 2.71. The van der Waals surface area contributed by atoms with E-state index in [1.54, 1.807) is 13.1 Å². The van der Waals surface area contributed by atoms with Gasteiger partial charge >= 0.3 is 0 Å². The van der Waals surface area contributed by atoms with Crippen LogP contribution < -0.4 is 10.9 Å². The van der Waals surface area contributed by atoms with E-state index >= 15 is 0 Å². The number of hydrogen-bond donors (Lipinski definition) is 1. The van der Waals surface area contributed by atoms with E-state index in [9.17, 15) is 4.79 Å². The summed E-state index contributed by atoms with van der Waals surface area (Å²) in [6.45, 7) is 2.20. The third-order valence-electron chi connectivity index (χ3n) is 1.97. The molecule has 2 heterocycles. The molecule has 0 saturated carbocycles. The van der Waals surface area contributed by atoms with Crippen LogP contribution in [0.4, 0.5) is 5.13 Å². The summed E-state index contributed by atoms with van der Waals surface area (Å²) in [6.07, 6.45) is 0. The van der Waals surface area contributed by atoms with Crippen LogP contribution in [0.5, 0.6) is 0 Å². The summed E-state index contributed by atoms with van der Waals surface area (Å²) in [5, 5.41) is 16.4. The lowest BCUT2D eigenvalue weighted by Gasteiger charge is -2.01. The molecule has 6 nitrogen and oxygen atoms in total. The molecule has 0 aliphatic rings. The monoisotopic (exact) mass is 237 g/mol. The normalized spacial score (nSPS) is 10.4. The predicted octanol–water partition coefficient (Wildman–Crippen LogP) is 0.493. The number of aryl methyl sites for hydroxylation is 1. The van der Waals surface area contributed by atoms with Crippen LogP contribution in [0.15, 0.2) is 16.9 Å². The Morgan fingerprint density at radius 1 is 1.44 bits per heavy atom. The van der Waals surface area contributed by atoms with Crippen molar-refractivity contribution in [2.45, 2.75) is 13.5 Å². The predicted molar refractivity (Wildman–Crippen MR) is 61.8 cm³/mol. The molecule has 0 unspecified atom stereocenters. The van der Waals surface area contributed by atoms with Crippen molar-refractivity contribution in [2.24, 2.45) is 0 Å². The number of rotatable bonds is 3. The number of anilines is 1. The molecule has 0 aromatic carbocycles. The maximum Gasteiger partial charge on any atom is 0.267 e. The lowest BCUT2D eigenvalue weighted by atomic mass is 10.4. The zero-order chi connectivity index (χ0) is 11.5. The molecule has 0 spiro atoms. The molecule has 2 rings (SSSR count). The van der Waals surface area contributed by atoms with E-state index in [1.807, 2.05) is 6.92 Å². The first-order chi connectivity index (χ1) is 7.69. The summed E-state index contributed by atoms with van der Waals surface area (Å²) in [5.41, 5.74) is 0.671. The zero-order valence-electron chi connectivity index (χ0n) is 8.97. The zero-order valence-corrected chi connectivity index (χ0v) is 9.78. The Hall–Kier alpha value is -1.76. The topological polar surface area (TPSA) is 72.7 Å². The second-order valence-electron chi connectivity index (χ2n) is 3.22. The summed E-state index contributed by atoms with van der Waals surface area (Å²) in [7, 11) is 1.78. The Bertz CT molecular complexity index is 547. The number of aromatic nitrogens is 4. The number of hydrogen-bond acceptors (Lipinski definition) is 6. The first kappa shape index (κ1) is 10.7. The summed E-state index contributed by atoms with van der Waals surface area (Å²) < 4.78 is 1.38. The Kier molecular flexibility index (Phi) is 2.95. The highest BCUT2D eigenvalue weighted by molar-refractivity contribution is 7.15. The van der Waals surface area contributed by atoms with Crippen molar-refractivity contribution in [3.05, 3.63) is 33.2 Å². The minimum absolute atomic E-state index is 0.133. The molecular weight excluding hydrogens is 226 g/mol. The molecule has 0 fully saturated rings. The Morgan fingerprint density at radius 2 is 2.25 bits per heavy atom. The molecule has 0 amide bonds. The third-order valence-corrected chi connectivity index (χ3v) is 2.89. The van der Waals surface area contributed by atoms with Crippen molar-refractivity contribution >= 4 is 16.5 Å². The fourth-order valence-corrected chi connectivity index (χ4v) is 1.89. The van der Waals surface area contributed by atoms with Gasteiger partial charge in [0.15, 0.2) is 0 Å². The van der Waals surface area contributed by atoms with Gasteiger partial charge in [0, 0.05) is 13.1 Å². The second-order valence-corrected chi connectivity index (χ2v) is 4.28. The highest BCUT2D eigenvalue weighted by atomic mass is 32.1. The molecule has 0 atom stereocenters. The van der Waals surface area contributed by atoms with Gasteiger partial charge in [-0.1, -0.05) is 11.3 Å². The summed E-state index contributed by atoms with van der Waals surface area (Å²) in [4.78, 5) is 11.5. The van der Waals surface area contributed by atoms with E-state index in [0.29, 0.717) is 6.54 Å². The highest BCUT2D eigenvalue weighted by Crippen LogP contribution is 2.14. The third kappa shape index (κ3) is 2.25. The first-order valence-electron chi connectivity index (χ1n) is 4.74. The minimum atomic E-state index is -0.133. The van der Waals surface area contributed by atoms with Gasteiger partial charge in [-0.05, 0) is 13.0 Å². The fourth-order valence-electron chi connectivity index (χ4n) is 1.21. The molecule has 2 aromatic heterocycles. The Morgan fingerprint density at radius 3 is 2.94 bits per heavy atom. The number of nitrogens with one attached hydrogen (secondary N) is 1. The van der Waals surface area contributed by atoms with E-state index in [0.717, 1.165) is 15.8 Å². The molecule has 84 valence electrons. The molecule has 2 aromatic rings. The van der Waals surface area contributed by atoms with Crippen molar-refractivity contribution in [1.29, 1.82) is 0 Å². The quantitative estimate of drug-likeness (QED) is 0.841. The SMILES string of the molecule is CNc1nnc(Cn2nc(C)ccc2=O)s1. The lowest BCUT2D eigenvalue weighted by molar-refractivity contribution is 0.622. The van der Waals surface area contributed by atoms with Crippen molar-refractivity contribution in [2.75, 3.05) is 12.4 Å². The molecule has 16 heavy (non-hydrogen) atoms. The van der Waals surface area contributed by atoms with Crippen LogP contribution in [0.2, 0.25) is 0 Å². The molecule has 0 radical (unpaired) electrons. The van der Waals surface area contributed by atoms with Crippen LogP contribution in [0.25, 0.3) is 0 Å². The van der Waals surface area contributed by atoms with Crippen molar-refractivity contribution in [3.8, 4) is 0 Å². The van der Waals surface area contributed by atoms with Crippen molar-refractivity contribution in [1.82, 2.24) is 20.0 Å². The van der Waals surface area contributed by atoms with Gasteiger partial charge < -0.3 is 5.32 Å². The maximum absolute atomic E-state index is 11.5. The van der Waals surface area contributed by atoms with Gasteiger partial charge in [0.1, 0.15) is 5.01 Å². The smallest absolute Gasteiger partial charge is 0.267 e. The molecule has 0 bridgehead atoms. The van der Waals surface area contributed by atoms with E-state index in [4.69, 9.17) is 0 Å². The summed E-state index contributed by atoms with van der Waals surface area (Å²) >= 11 is 1.41. The van der Waals surface area contributed by atoms with Crippen LogP contribution in [0.3, 0.4) is 0 Å². The van der Waals surface area contributed by atoms with Crippen LogP contribution in [0, 0.1) is 6.92 Å². The van der Waals surface area contributed by atoms with Gasteiger partial charge in [-0.15, -0.1) is 10.2 Å². The van der Waals surface area contributed by atoms with E-state index in [-0.39, 0.29) is 5.56 Å². The fraction of sp³-hybridized carbons (Fsp3) is 0.333. The Labute approximate surface area is 96.0 Å². The minimum Gasteiger partial charge on any atom is -0.363 e. The van der Waals surface area contributed by atoms with Crippen LogP contribution >= 0.6 is 11.3 Å². The highest BCUT2D eigenvalue weighted by Gasteiger charge is 2.05. The van der Waals surface area contributed by atoms with E-state index < -0.39 is 0 Å². The standard InChI is InChI=1S/C9H11N5OS/c1-6-3-4-8(15)14(13-6)5-7-11-12-9(10-2)16-7/h3-4H,5H2,1-2H3,(H,10,12). The first-order valence-corrected chi connectivity index (χ1v) is 5.55. The number of nitrogens with zero attached hydrogens (tertiary/aromatic N) is 4. The molecule has 0 aliphatic carbocycles. The van der Waals surface area contributed by atoms with Crippen molar-refractivity contribution < 1.29 is 0 Å². The summed E-state index contributed by atoms with van der Waals surface area (Å²) in [6, 6.07) is 3.19. The lowest BCUT2D eigenvalue weighted by Crippen LogP contribution is -2.22. The second kappa shape index (κ2) is 4.40. The molecule has 1 N–H and O–H groups in total. The summed E-state index contributed by atoms with van der Waals surface area (Å²) in [5.74, 6) is 0. The van der Waals surface area contributed by atoms with Crippen LogP contribution in [-0.2, 0) is 6.54 Å². The largest absolute Gasteiger partial charge is 0.363 e. The Balaban J connectivity index is 2.26.